The van der Waals surface area contributed by atoms with Crippen LogP contribution < -0.4 is 15.4 Å². The van der Waals surface area contributed by atoms with E-state index in [4.69, 9.17) is 15.4 Å². The highest BCUT2D eigenvalue weighted by atomic mass is 16.7. The number of amidine groups is 1. The monoisotopic (exact) mass is 191 g/mol. The Labute approximate surface area is 80.7 Å². The topological polar surface area (TPSA) is 60.1 Å². The molecular formula is C9H9N3O2. The van der Waals surface area contributed by atoms with Crippen molar-refractivity contribution in [2.24, 2.45) is 10.8 Å². The molecule has 5 nitrogen and oxygen atoms in total. The molecule has 0 spiro atoms. The van der Waals surface area contributed by atoms with E-state index in [0.29, 0.717) is 24.7 Å². The number of nitrogens with two attached hydrogens (primary N) is 1. The van der Waals surface area contributed by atoms with Crippen molar-refractivity contribution in [3.63, 3.8) is 0 Å². The lowest BCUT2D eigenvalue weighted by molar-refractivity contribution is 0.0325. The maximum atomic E-state index is 5.64. The first kappa shape index (κ1) is 7.64. The number of rotatable bonds is 0. The predicted molar refractivity (Wildman–Crippen MR) is 50.0 cm³/mol. The lowest BCUT2D eigenvalue weighted by Crippen LogP contribution is -2.35. The van der Waals surface area contributed by atoms with E-state index in [9.17, 15) is 0 Å². The van der Waals surface area contributed by atoms with Crippen LogP contribution in [0.5, 0.6) is 11.5 Å². The molecule has 1 aromatic carbocycles. The molecule has 2 N–H and O–H groups in total. The third-order valence-corrected chi connectivity index (χ3v) is 2.23. The summed E-state index contributed by atoms with van der Waals surface area (Å²) in [5.74, 6) is 7.77. The first-order valence-corrected chi connectivity index (χ1v) is 4.40. The van der Waals surface area contributed by atoms with E-state index < -0.39 is 0 Å². The second-order valence-corrected chi connectivity index (χ2v) is 3.10. The largest absolute Gasteiger partial charge is 0.491 e. The van der Waals surface area contributed by atoms with Gasteiger partial charge in [-0.1, -0.05) is 6.07 Å². The molecule has 0 radical (unpaired) electrons. The summed E-state index contributed by atoms with van der Waals surface area (Å²) < 4.78 is 5.51. The molecule has 0 amide bonds. The van der Waals surface area contributed by atoms with Crippen LogP contribution in [0.15, 0.2) is 23.2 Å². The molecule has 1 aromatic rings. The second kappa shape index (κ2) is 2.62. The highest BCUT2D eigenvalue weighted by Crippen LogP contribution is 2.35. The van der Waals surface area contributed by atoms with Crippen LogP contribution in [0.2, 0.25) is 0 Å². The maximum absolute atomic E-state index is 5.64. The molecule has 0 atom stereocenters. The Morgan fingerprint density at radius 1 is 1.36 bits per heavy atom. The van der Waals surface area contributed by atoms with Crippen LogP contribution in [0.25, 0.3) is 0 Å². The van der Waals surface area contributed by atoms with Gasteiger partial charge in [-0.3, -0.25) is 4.99 Å². The minimum absolute atomic E-state index is 0.577. The SMILES string of the molecule is NN1Oc2cccc3c2C1=NCCO3. The van der Waals surface area contributed by atoms with Crippen molar-refractivity contribution in [2.75, 3.05) is 13.2 Å². The van der Waals surface area contributed by atoms with Crippen LogP contribution in [0, 0.1) is 0 Å². The molecule has 2 aliphatic rings. The summed E-state index contributed by atoms with van der Waals surface area (Å²) in [6.45, 7) is 1.17. The molecule has 0 bridgehead atoms. The van der Waals surface area contributed by atoms with Crippen molar-refractivity contribution >= 4 is 5.84 Å². The summed E-state index contributed by atoms with van der Waals surface area (Å²) >= 11 is 0. The van der Waals surface area contributed by atoms with Gasteiger partial charge in [-0.25, -0.2) is 5.84 Å². The van der Waals surface area contributed by atoms with Gasteiger partial charge in [-0.15, -0.1) is 5.17 Å². The fourth-order valence-corrected chi connectivity index (χ4v) is 1.64. The number of benzene rings is 1. The van der Waals surface area contributed by atoms with Crippen molar-refractivity contribution < 1.29 is 9.57 Å². The molecule has 2 heterocycles. The van der Waals surface area contributed by atoms with Crippen molar-refractivity contribution in [1.29, 1.82) is 0 Å². The Morgan fingerprint density at radius 2 is 2.21 bits per heavy atom. The summed E-state index contributed by atoms with van der Waals surface area (Å²) in [4.78, 5) is 9.57. The smallest absolute Gasteiger partial charge is 0.192 e. The van der Waals surface area contributed by atoms with E-state index >= 15 is 0 Å². The Balaban J connectivity index is 2.26. The maximum Gasteiger partial charge on any atom is 0.192 e. The van der Waals surface area contributed by atoms with E-state index in [-0.39, 0.29) is 0 Å². The summed E-state index contributed by atoms with van der Waals surface area (Å²) in [7, 11) is 0. The number of hydrogen-bond acceptors (Lipinski definition) is 5. The normalized spacial score (nSPS) is 17.8. The molecule has 2 aliphatic heterocycles. The summed E-state index contributed by atoms with van der Waals surface area (Å²) in [5, 5.41) is 1.18. The predicted octanol–water partition coefficient (Wildman–Crippen LogP) is 0.309. The van der Waals surface area contributed by atoms with Crippen LogP contribution in [-0.4, -0.2) is 24.2 Å². The van der Waals surface area contributed by atoms with Crippen molar-refractivity contribution in [2.45, 2.75) is 0 Å². The van der Waals surface area contributed by atoms with Gasteiger partial charge < -0.3 is 9.57 Å². The molecule has 0 aromatic heterocycles. The van der Waals surface area contributed by atoms with E-state index in [1.54, 1.807) is 0 Å². The van der Waals surface area contributed by atoms with Crippen LogP contribution in [-0.2, 0) is 0 Å². The first-order valence-electron chi connectivity index (χ1n) is 4.40. The van der Waals surface area contributed by atoms with Gasteiger partial charge in [0.1, 0.15) is 17.9 Å². The van der Waals surface area contributed by atoms with Gasteiger partial charge in [0.25, 0.3) is 0 Å². The van der Waals surface area contributed by atoms with Gasteiger partial charge in [-0.05, 0) is 12.1 Å². The van der Waals surface area contributed by atoms with Crippen LogP contribution in [0.3, 0.4) is 0 Å². The third-order valence-electron chi connectivity index (χ3n) is 2.23. The standard InChI is InChI=1S/C9H9N3O2/c10-12-9-8-6(13-5-4-11-9)2-1-3-7(8)14-12/h1-3H,4-5,10H2. The summed E-state index contributed by atoms with van der Waals surface area (Å²) in [5.41, 5.74) is 0.854. The highest BCUT2D eigenvalue weighted by molar-refractivity contribution is 6.05. The van der Waals surface area contributed by atoms with Crippen LogP contribution >= 0.6 is 0 Å². The number of hydroxylamine groups is 1. The minimum atomic E-state index is 0.577. The van der Waals surface area contributed by atoms with Crippen molar-refractivity contribution in [3.8, 4) is 11.5 Å². The van der Waals surface area contributed by atoms with E-state index in [0.717, 1.165) is 11.3 Å². The average molecular weight is 191 g/mol. The van der Waals surface area contributed by atoms with Crippen molar-refractivity contribution in [3.05, 3.63) is 23.8 Å². The minimum Gasteiger partial charge on any atom is -0.491 e. The highest BCUT2D eigenvalue weighted by Gasteiger charge is 2.30. The summed E-state index contributed by atoms with van der Waals surface area (Å²) in [6, 6.07) is 5.61. The molecule has 3 rings (SSSR count). The number of hydrogen-bond donors (Lipinski definition) is 1. The van der Waals surface area contributed by atoms with E-state index in [2.05, 4.69) is 4.99 Å². The molecule has 0 saturated heterocycles. The van der Waals surface area contributed by atoms with Crippen molar-refractivity contribution in [1.82, 2.24) is 5.17 Å². The Morgan fingerprint density at radius 3 is 3.14 bits per heavy atom. The molecule has 14 heavy (non-hydrogen) atoms. The molecular weight excluding hydrogens is 182 g/mol. The zero-order valence-electron chi connectivity index (χ0n) is 7.43. The molecule has 0 fully saturated rings. The quantitative estimate of drug-likeness (QED) is 0.599. The zero-order valence-corrected chi connectivity index (χ0v) is 7.43. The molecule has 5 heteroatoms. The average Bonchev–Trinajstić information content (AvgIpc) is 2.39. The summed E-state index contributed by atoms with van der Waals surface area (Å²) in [6.07, 6.45) is 0. The molecule has 0 unspecified atom stereocenters. The van der Waals surface area contributed by atoms with Crippen LogP contribution in [0.1, 0.15) is 5.56 Å². The number of hydrazine groups is 1. The van der Waals surface area contributed by atoms with Gasteiger partial charge in [0.05, 0.1) is 6.54 Å². The zero-order chi connectivity index (χ0) is 9.54. The van der Waals surface area contributed by atoms with Gasteiger partial charge in [0, 0.05) is 0 Å². The molecule has 0 aliphatic carbocycles. The first-order chi connectivity index (χ1) is 6.86. The Hall–Kier alpha value is -1.75. The van der Waals surface area contributed by atoms with Gasteiger partial charge in [0.15, 0.2) is 11.6 Å². The van der Waals surface area contributed by atoms with Crippen LogP contribution in [0.4, 0.5) is 0 Å². The molecule has 72 valence electrons. The lowest BCUT2D eigenvalue weighted by Gasteiger charge is -2.08. The number of ether oxygens (including phenoxy) is 1. The Kier molecular flexibility index (Phi) is 1.43. The van der Waals surface area contributed by atoms with Gasteiger partial charge in [0.2, 0.25) is 0 Å². The fourth-order valence-electron chi connectivity index (χ4n) is 1.64. The fraction of sp³-hybridized carbons (Fsp3) is 0.222. The number of aliphatic imine (C=N–C) groups is 1. The van der Waals surface area contributed by atoms with Gasteiger partial charge in [-0.2, -0.15) is 0 Å². The lowest BCUT2D eigenvalue weighted by atomic mass is 10.1. The third kappa shape index (κ3) is 0.898. The second-order valence-electron chi connectivity index (χ2n) is 3.10. The van der Waals surface area contributed by atoms with E-state index in [1.807, 2.05) is 18.2 Å². The van der Waals surface area contributed by atoms with Gasteiger partial charge >= 0.3 is 0 Å². The van der Waals surface area contributed by atoms with E-state index in [1.165, 1.54) is 5.17 Å². The number of nitrogens with zero attached hydrogens (tertiary/aromatic N) is 2. The Bertz CT molecular complexity index is 417. The molecule has 0 saturated carbocycles.